The average Bonchev–Trinajstić information content (AvgIpc) is 3.06. The van der Waals surface area contributed by atoms with Gasteiger partial charge in [-0.15, -0.1) is 10.2 Å². The molecule has 1 aliphatic heterocycles. The molecule has 0 atom stereocenters. The van der Waals surface area contributed by atoms with Crippen LogP contribution in [0.25, 0.3) is 11.5 Å². The Hall–Kier alpha value is -1.92. The second kappa shape index (κ2) is 8.26. The monoisotopic (exact) mass is 330 g/mol. The van der Waals surface area contributed by atoms with Crippen LogP contribution in [0.5, 0.6) is 5.75 Å². The molecule has 6 heteroatoms. The van der Waals surface area contributed by atoms with Gasteiger partial charge in [0.05, 0.1) is 13.2 Å². The first kappa shape index (κ1) is 16.9. The van der Waals surface area contributed by atoms with E-state index in [9.17, 15) is 0 Å². The maximum absolute atomic E-state index is 5.82. The summed E-state index contributed by atoms with van der Waals surface area (Å²) in [5.74, 6) is 2.13. The van der Waals surface area contributed by atoms with Gasteiger partial charge in [0.2, 0.25) is 11.8 Å². The van der Waals surface area contributed by atoms with E-state index >= 15 is 0 Å². The van der Waals surface area contributed by atoms with Crippen LogP contribution in [0.15, 0.2) is 28.7 Å². The minimum absolute atomic E-state index is 0.569. The quantitative estimate of drug-likeness (QED) is 0.728. The number of likely N-dealkylation sites (N-methyl/N-ethyl adjacent to an activating group) is 1. The highest BCUT2D eigenvalue weighted by atomic mass is 16.5. The van der Waals surface area contributed by atoms with Crippen LogP contribution in [0.2, 0.25) is 0 Å². The summed E-state index contributed by atoms with van der Waals surface area (Å²) < 4.78 is 11.5. The molecule has 1 aromatic heterocycles. The Labute approximate surface area is 143 Å². The second-order valence-corrected chi connectivity index (χ2v) is 6.31. The number of nitrogens with zero attached hydrogens (tertiary/aromatic N) is 4. The van der Waals surface area contributed by atoms with Crippen molar-refractivity contribution < 1.29 is 9.15 Å². The predicted octanol–water partition coefficient (Wildman–Crippen LogP) is 2.66. The van der Waals surface area contributed by atoms with Crippen molar-refractivity contribution >= 4 is 0 Å². The summed E-state index contributed by atoms with van der Waals surface area (Å²) in [6.45, 7) is 7.88. The minimum atomic E-state index is 0.569. The van der Waals surface area contributed by atoms with Gasteiger partial charge in [-0.3, -0.25) is 4.90 Å². The molecule has 1 fully saturated rings. The van der Waals surface area contributed by atoms with E-state index in [1.807, 2.05) is 24.3 Å². The molecule has 0 bridgehead atoms. The number of unbranched alkanes of at least 4 members (excludes halogenated alkanes) is 1. The zero-order valence-electron chi connectivity index (χ0n) is 14.6. The first-order chi connectivity index (χ1) is 11.7. The van der Waals surface area contributed by atoms with Gasteiger partial charge in [-0.1, -0.05) is 13.3 Å². The van der Waals surface area contributed by atoms with E-state index in [1.54, 1.807) is 0 Å². The molecule has 6 nitrogen and oxygen atoms in total. The molecule has 2 heterocycles. The molecule has 0 spiro atoms. The highest BCUT2D eigenvalue weighted by Crippen LogP contribution is 2.22. The normalized spacial score (nSPS) is 16.4. The van der Waals surface area contributed by atoms with Gasteiger partial charge in [-0.2, -0.15) is 0 Å². The van der Waals surface area contributed by atoms with Crippen molar-refractivity contribution in [3.63, 3.8) is 0 Å². The molecule has 0 amide bonds. The largest absolute Gasteiger partial charge is 0.494 e. The smallest absolute Gasteiger partial charge is 0.247 e. The number of ether oxygens (including phenoxy) is 1. The first-order valence-corrected chi connectivity index (χ1v) is 8.71. The van der Waals surface area contributed by atoms with Crippen LogP contribution >= 0.6 is 0 Å². The average molecular weight is 330 g/mol. The molecule has 0 N–H and O–H groups in total. The molecule has 0 saturated carbocycles. The molecule has 0 radical (unpaired) electrons. The van der Waals surface area contributed by atoms with Crippen LogP contribution in [0.1, 0.15) is 25.7 Å². The Morgan fingerprint density at radius 3 is 2.54 bits per heavy atom. The molecule has 0 aliphatic carbocycles. The Bertz CT molecular complexity index is 618. The third kappa shape index (κ3) is 4.55. The standard InChI is InChI=1S/C18H26N4O2/c1-3-4-13-23-16-7-5-15(6-8-16)18-20-19-17(24-18)14-22-11-9-21(2)10-12-22/h5-8H,3-4,9-14H2,1-2H3. The zero-order valence-corrected chi connectivity index (χ0v) is 14.6. The summed E-state index contributed by atoms with van der Waals surface area (Å²) in [6, 6.07) is 7.84. The third-order valence-electron chi connectivity index (χ3n) is 4.29. The van der Waals surface area contributed by atoms with E-state index in [1.165, 1.54) is 0 Å². The van der Waals surface area contributed by atoms with Gasteiger partial charge in [0.15, 0.2) is 0 Å². The molecule has 1 aromatic carbocycles. The molecule has 1 saturated heterocycles. The van der Waals surface area contributed by atoms with Gasteiger partial charge in [-0.05, 0) is 37.7 Å². The molecule has 1 aliphatic rings. The lowest BCUT2D eigenvalue weighted by atomic mass is 10.2. The topological polar surface area (TPSA) is 54.6 Å². The van der Waals surface area contributed by atoms with Crippen molar-refractivity contribution in [2.24, 2.45) is 0 Å². The fraction of sp³-hybridized carbons (Fsp3) is 0.556. The lowest BCUT2D eigenvalue weighted by Gasteiger charge is -2.31. The van der Waals surface area contributed by atoms with Gasteiger partial charge in [0.25, 0.3) is 0 Å². The molecule has 0 unspecified atom stereocenters. The van der Waals surface area contributed by atoms with E-state index in [0.29, 0.717) is 11.8 Å². The summed E-state index contributed by atoms with van der Waals surface area (Å²) in [7, 11) is 2.15. The molecule has 130 valence electrons. The van der Waals surface area contributed by atoms with Crippen LogP contribution in [0, 0.1) is 0 Å². The van der Waals surface area contributed by atoms with E-state index in [-0.39, 0.29) is 0 Å². The summed E-state index contributed by atoms with van der Waals surface area (Å²) in [6.07, 6.45) is 2.21. The second-order valence-electron chi connectivity index (χ2n) is 6.31. The summed E-state index contributed by atoms with van der Waals surface area (Å²) in [4.78, 5) is 4.68. The van der Waals surface area contributed by atoms with Gasteiger partial charge in [0, 0.05) is 31.7 Å². The van der Waals surface area contributed by atoms with Crippen molar-refractivity contribution in [1.29, 1.82) is 0 Å². The van der Waals surface area contributed by atoms with Crippen LogP contribution in [0.3, 0.4) is 0 Å². The van der Waals surface area contributed by atoms with Crippen molar-refractivity contribution in [3.05, 3.63) is 30.2 Å². The van der Waals surface area contributed by atoms with Crippen molar-refractivity contribution in [2.45, 2.75) is 26.3 Å². The third-order valence-corrected chi connectivity index (χ3v) is 4.29. The summed E-state index contributed by atoms with van der Waals surface area (Å²) in [5.41, 5.74) is 0.926. The predicted molar refractivity (Wildman–Crippen MR) is 92.9 cm³/mol. The molecule has 24 heavy (non-hydrogen) atoms. The SMILES string of the molecule is CCCCOc1ccc(-c2nnc(CN3CCN(C)CC3)o2)cc1. The van der Waals surface area contributed by atoms with Gasteiger partial charge >= 0.3 is 0 Å². The Kier molecular flexibility index (Phi) is 5.82. The van der Waals surface area contributed by atoms with E-state index < -0.39 is 0 Å². The minimum Gasteiger partial charge on any atom is -0.494 e. The lowest BCUT2D eigenvalue weighted by molar-refractivity contribution is 0.138. The van der Waals surface area contributed by atoms with E-state index in [4.69, 9.17) is 9.15 Å². The van der Waals surface area contributed by atoms with Crippen molar-refractivity contribution in [1.82, 2.24) is 20.0 Å². The summed E-state index contributed by atoms with van der Waals surface area (Å²) in [5, 5.41) is 8.36. The number of hydrogen-bond acceptors (Lipinski definition) is 6. The summed E-state index contributed by atoms with van der Waals surface area (Å²) >= 11 is 0. The number of hydrogen-bond donors (Lipinski definition) is 0. The van der Waals surface area contributed by atoms with E-state index in [0.717, 1.165) is 63.5 Å². The molecular formula is C18H26N4O2. The van der Waals surface area contributed by atoms with Crippen LogP contribution < -0.4 is 4.74 Å². The number of rotatable bonds is 7. The highest BCUT2D eigenvalue weighted by Gasteiger charge is 2.17. The molecule has 3 rings (SSSR count). The van der Waals surface area contributed by atoms with Gasteiger partial charge < -0.3 is 14.1 Å². The van der Waals surface area contributed by atoms with E-state index in [2.05, 4.69) is 34.0 Å². The Morgan fingerprint density at radius 1 is 1.08 bits per heavy atom. The van der Waals surface area contributed by atoms with Gasteiger partial charge in [0.1, 0.15) is 5.75 Å². The highest BCUT2D eigenvalue weighted by molar-refractivity contribution is 5.53. The first-order valence-electron chi connectivity index (χ1n) is 8.71. The fourth-order valence-electron chi connectivity index (χ4n) is 2.66. The molecular weight excluding hydrogens is 304 g/mol. The number of benzene rings is 1. The Morgan fingerprint density at radius 2 is 1.83 bits per heavy atom. The maximum Gasteiger partial charge on any atom is 0.247 e. The Balaban J connectivity index is 1.56. The van der Waals surface area contributed by atoms with Crippen molar-refractivity contribution in [2.75, 3.05) is 39.8 Å². The maximum atomic E-state index is 5.82. The fourth-order valence-corrected chi connectivity index (χ4v) is 2.66. The van der Waals surface area contributed by atoms with Crippen LogP contribution in [0.4, 0.5) is 0 Å². The number of piperazine rings is 1. The zero-order chi connectivity index (χ0) is 16.8. The lowest BCUT2D eigenvalue weighted by Crippen LogP contribution is -2.43. The van der Waals surface area contributed by atoms with Crippen LogP contribution in [-0.2, 0) is 6.54 Å². The molecule has 2 aromatic rings. The van der Waals surface area contributed by atoms with Gasteiger partial charge in [-0.25, -0.2) is 0 Å². The van der Waals surface area contributed by atoms with Crippen molar-refractivity contribution in [3.8, 4) is 17.2 Å². The van der Waals surface area contributed by atoms with Crippen LogP contribution in [-0.4, -0.2) is 59.8 Å². The number of aromatic nitrogens is 2.